The molecule has 0 aromatic heterocycles. The second-order valence-corrected chi connectivity index (χ2v) is 19.5. The first-order valence-electron chi connectivity index (χ1n) is 29.3. The molecule has 394 valence electrons. The van der Waals surface area contributed by atoms with Gasteiger partial charge < -0.3 is 14.2 Å². The largest absolute Gasteiger partial charge is 0.462 e. The van der Waals surface area contributed by atoms with Crippen LogP contribution < -0.4 is 0 Å². The monoisotopic (exact) mass is 951 g/mol. The van der Waals surface area contributed by atoms with E-state index in [-0.39, 0.29) is 37.5 Å². The van der Waals surface area contributed by atoms with Crippen LogP contribution in [0.4, 0.5) is 0 Å². The fraction of sp³-hybridized carbons (Fsp3) is 0.790. The van der Waals surface area contributed by atoms with Crippen LogP contribution in [0, 0.1) is 0 Å². The van der Waals surface area contributed by atoms with E-state index in [0.29, 0.717) is 19.3 Å². The van der Waals surface area contributed by atoms with Gasteiger partial charge in [-0.1, -0.05) is 268 Å². The molecule has 0 aliphatic carbocycles. The number of hydrogen-bond acceptors (Lipinski definition) is 6. The van der Waals surface area contributed by atoms with Gasteiger partial charge in [-0.3, -0.25) is 14.4 Å². The van der Waals surface area contributed by atoms with Crippen molar-refractivity contribution in [1.29, 1.82) is 0 Å². The lowest BCUT2D eigenvalue weighted by Gasteiger charge is -2.18. The van der Waals surface area contributed by atoms with Gasteiger partial charge in [-0.15, -0.1) is 0 Å². The van der Waals surface area contributed by atoms with Crippen molar-refractivity contribution < 1.29 is 28.6 Å². The third-order valence-electron chi connectivity index (χ3n) is 12.8. The number of ether oxygens (including phenoxy) is 3. The summed E-state index contributed by atoms with van der Waals surface area (Å²) in [6, 6.07) is 0. The Labute approximate surface area is 421 Å². The molecular weight excluding hydrogens is 841 g/mol. The van der Waals surface area contributed by atoms with Crippen molar-refractivity contribution >= 4 is 17.9 Å². The maximum absolute atomic E-state index is 12.8. The molecular formula is C62H110O6. The van der Waals surface area contributed by atoms with Crippen LogP contribution >= 0.6 is 0 Å². The summed E-state index contributed by atoms with van der Waals surface area (Å²) in [5.41, 5.74) is 0. The number of hydrogen-bond donors (Lipinski definition) is 0. The number of rotatable bonds is 53. The Morgan fingerprint density at radius 1 is 0.309 bits per heavy atom. The minimum atomic E-state index is -0.805. The molecule has 0 radical (unpaired) electrons. The van der Waals surface area contributed by atoms with Gasteiger partial charge in [-0.05, 0) is 70.6 Å². The lowest BCUT2D eigenvalue weighted by atomic mass is 10.0. The Kier molecular flexibility index (Phi) is 54.3. The molecule has 0 aromatic rings. The highest BCUT2D eigenvalue weighted by atomic mass is 16.6. The van der Waals surface area contributed by atoms with Gasteiger partial charge in [0.15, 0.2) is 6.10 Å². The smallest absolute Gasteiger partial charge is 0.306 e. The standard InChI is InChI=1S/C62H110O6/c1-4-7-10-13-16-19-22-25-27-29-30-31-32-33-35-37-40-43-46-49-52-55-61(64)67-58-59(57-66-60(63)54-51-48-45-42-39-36-24-21-18-15-12-9-6-3)68-62(65)56-53-50-47-44-41-38-34-28-26-23-20-17-14-11-8-5-2/h9,12,18,21,28,34,36,39,45,48,59H,4-8,10-11,13-17,19-20,22-27,29-33,35,37-38,40-44,46-47,49-58H2,1-3H3/b12-9-,21-18-,34-28-,39-36-,48-45-. The summed E-state index contributed by atoms with van der Waals surface area (Å²) in [6.45, 7) is 6.48. The van der Waals surface area contributed by atoms with Crippen LogP contribution in [0.1, 0.15) is 297 Å². The zero-order chi connectivity index (χ0) is 49.3. The summed E-state index contributed by atoms with van der Waals surface area (Å²) >= 11 is 0. The van der Waals surface area contributed by atoms with Crippen molar-refractivity contribution in [3.05, 3.63) is 60.8 Å². The average molecular weight is 952 g/mol. The zero-order valence-corrected chi connectivity index (χ0v) is 45.1. The summed E-state index contributed by atoms with van der Waals surface area (Å²) in [5, 5.41) is 0. The van der Waals surface area contributed by atoms with Gasteiger partial charge >= 0.3 is 17.9 Å². The second kappa shape index (κ2) is 56.7. The Balaban J connectivity index is 4.36. The van der Waals surface area contributed by atoms with Gasteiger partial charge in [-0.2, -0.15) is 0 Å². The second-order valence-electron chi connectivity index (χ2n) is 19.5. The minimum Gasteiger partial charge on any atom is -0.462 e. The highest BCUT2D eigenvalue weighted by Gasteiger charge is 2.19. The Hall–Kier alpha value is -2.89. The Bertz CT molecular complexity index is 1230. The number of esters is 3. The normalized spacial score (nSPS) is 12.5. The van der Waals surface area contributed by atoms with Crippen molar-refractivity contribution in [3.63, 3.8) is 0 Å². The maximum Gasteiger partial charge on any atom is 0.306 e. The molecule has 0 saturated carbocycles. The fourth-order valence-corrected chi connectivity index (χ4v) is 8.39. The molecule has 0 rings (SSSR count). The molecule has 0 aromatic carbocycles. The molecule has 0 heterocycles. The molecule has 0 saturated heterocycles. The van der Waals surface area contributed by atoms with Crippen LogP contribution in [-0.2, 0) is 28.6 Å². The van der Waals surface area contributed by atoms with Gasteiger partial charge in [0.05, 0.1) is 0 Å². The quantitative estimate of drug-likeness (QED) is 0.0262. The van der Waals surface area contributed by atoms with Gasteiger partial charge in [0.2, 0.25) is 0 Å². The number of carbonyl (C=O) groups is 3. The minimum absolute atomic E-state index is 0.0968. The van der Waals surface area contributed by atoms with Crippen molar-refractivity contribution in [3.8, 4) is 0 Å². The number of carbonyl (C=O) groups excluding carboxylic acids is 3. The van der Waals surface area contributed by atoms with Gasteiger partial charge in [0.1, 0.15) is 13.2 Å². The first-order valence-corrected chi connectivity index (χ1v) is 29.3. The first-order chi connectivity index (χ1) is 33.5. The highest BCUT2D eigenvalue weighted by Crippen LogP contribution is 2.17. The van der Waals surface area contributed by atoms with Crippen LogP contribution in [0.2, 0.25) is 0 Å². The zero-order valence-electron chi connectivity index (χ0n) is 45.1. The third kappa shape index (κ3) is 54.1. The molecule has 1 unspecified atom stereocenters. The van der Waals surface area contributed by atoms with E-state index in [1.54, 1.807) is 0 Å². The van der Waals surface area contributed by atoms with E-state index in [9.17, 15) is 14.4 Å². The van der Waals surface area contributed by atoms with Crippen molar-refractivity contribution in [2.75, 3.05) is 13.2 Å². The Morgan fingerprint density at radius 2 is 0.603 bits per heavy atom. The fourth-order valence-electron chi connectivity index (χ4n) is 8.39. The predicted molar refractivity (Wildman–Crippen MR) is 293 cm³/mol. The predicted octanol–water partition coefficient (Wildman–Crippen LogP) is 19.6. The van der Waals surface area contributed by atoms with Crippen molar-refractivity contribution in [2.24, 2.45) is 0 Å². The lowest BCUT2D eigenvalue weighted by molar-refractivity contribution is -0.166. The van der Waals surface area contributed by atoms with Gasteiger partial charge in [0, 0.05) is 19.3 Å². The summed E-state index contributed by atoms with van der Waals surface area (Å²) in [4.78, 5) is 38.1. The van der Waals surface area contributed by atoms with E-state index in [2.05, 4.69) is 75.5 Å². The van der Waals surface area contributed by atoms with E-state index in [4.69, 9.17) is 14.2 Å². The van der Waals surface area contributed by atoms with E-state index >= 15 is 0 Å². The molecule has 0 aliphatic heterocycles. The Morgan fingerprint density at radius 3 is 0.985 bits per heavy atom. The van der Waals surface area contributed by atoms with Gasteiger partial charge in [0.25, 0.3) is 0 Å². The SMILES string of the molecule is CC/C=C\C/C=C\C/C=C\C/C=C\CCC(=O)OCC(COC(=O)CCCCCCCCCCCCCCCCCCCCCCC)OC(=O)CCCCCCC/C=C\CCCCCCCCC. The molecule has 0 aliphatic rings. The molecule has 6 nitrogen and oxygen atoms in total. The van der Waals surface area contributed by atoms with E-state index in [1.807, 2.05) is 6.08 Å². The number of allylic oxidation sites excluding steroid dienone is 10. The average Bonchev–Trinajstić information content (AvgIpc) is 3.34. The third-order valence-corrected chi connectivity index (χ3v) is 12.8. The molecule has 68 heavy (non-hydrogen) atoms. The lowest BCUT2D eigenvalue weighted by Crippen LogP contribution is -2.30. The van der Waals surface area contributed by atoms with Gasteiger partial charge in [-0.25, -0.2) is 0 Å². The first kappa shape index (κ1) is 65.1. The number of unbranched alkanes of at least 4 members (excludes halogenated alkanes) is 32. The topological polar surface area (TPSA) is 78.9 Å². The van der Waals surface area contributed by atoms with E-state index in [0.717, 1.165) is 77.0 Å². The van der Waals surface area contributed by atoms with Crippen LogP contribution in [0.5, 0.6) is 0 Å². The summed E-state index contributed by atoms with van der Waals surface area (Å²) in [7, 11) is 0. The van der Waals surface area contributed by atoms with Crippen LogP contribution in [0.15, 0.2) is 60.8 Å². The summed E-state index contributed by atoms with van der Waals surface area (Å²) in [5.74, 6) is -0.978. The molecule has 1 atom stereocenters. The molecule has 0 bridgehead atoms. The van der Waals surface area contributed by atoms with Crippen LogP contribution in [-0.4, -0.2) is 37.2 Å². The maximum atomic E-state index is 12.8. The summed E-state index contributed by atoms with van der Waals surface area (Å²) < 4.78 is 16.8. The van der Waals surface area contributed by atoms with Crippen LogP contribution in [0.25, 0.3) is 0 Å². The van der Waals surface area contributed by atoms with Crippen LogP contribution in [0.3, 0.4) is 0 Å². The molecule has 0 fully saturated rings. The van der Waals surface area contributed by atoms with Crippen molar-refractivity contribution in [2.45, 2.75) is 303 Å². The molecule has 0 amide bonds. The molecule has 0 N–H and O–H groups in total. The van der Waals surface area contributed by atoms with Crippen molar-refractivity contribution in [1.82, 2.24) is 0 Å². The summed E-state index contributed by atoms with van der Waals surface area (Å²) in [6.07, 6.45) is 70.9. The highest BCUT2D eigenvalue weighted by molar-refractivity contribution is 5.71. The molecule has 0 spiro atoms. The van der Waals surface area contributed by atoms with E-state index in [1.165, 1.54) is 173 Å². The molecule has 6 heteroatoms. The van der Waals surface area contributed by atoms with E-state index < -0.39 is 6.10 Å².